The Balaban J connectivity index is 0.000000380. The quantitative estimate of drug-likeness (QED) is 0.217. The van der Waals surface area contributed by atoms with Crippen molar-refractivity contribution in [2.24, 2.45) is 0 Å². The summed E-state index contributed by atoms with van der Waals surface area (Å²) in [6.07, 6.45) is 1.50. The second-order valence-electron chi connectivity index (χ2n) is 8.70. The largest absolute Gasteiger partial charge is 0.388 e. The molecule has 5 rings (SSSR count). The fourth-order valence-electron chi connectivity index (χ4n) is 3.86. The fourth-order valence-corrected chi connectivity index (χ4v) is 4.14. The van der Waals surface area contributed by atoms with Crippen LogP contribution in [0.25, 0.3) is 16.9 Å². The van der Waals surface area contributed by atoms with Gasteiger partial charge in [0.15, 0.2) is 5.65 Å². The number of carbonyl (C=O) groups is 2. The molecule has 0 atom stereocenters. The Labute approximate surface area is 243 Å². The van der Waals surface area contributed by atoms with Gasteiger partial charge in [-0.3, -0.25) is 0 Å². The van der Waals surface area contributed by atoms with Crippen LogP contribution < -0.4 is 10.6 Å². The van der Waals surface area contributed by atoms with Crippen molar-refractivity contribution >= 4 is 42.9 Å². The zero-order valence-corrected chi connectivity index (χ0v) is 24.3. The number of halogens is 2. The SMILES string of the molecule is C=O.C=O.CNc1cccc(CNc2cc(-c3ccccc3C)nc3c(SF)cnn23)c1.Cc1ccc(F)cc1C. The number of aryl methyl sites for hydroxylation is 3. The topological polar surface area (TPSA) is 88.4 Å². The number of hydrogen-bond acceptors (Lipinski definition) is 7. The summed E-state index contributed by atoms with van der Waals surface area (Å²) in [5, 5.41) is 10.9. The number of benzene rings is 3. The van der Waals surface area contributed by atoms with E-state index in [9.17, 15) is 8.28 Å². The molecule has 0 aliphatic rings. The number of anilines is 2. The molecule has 0 spiro atoms. The lowest BCUT2D eigenvalue weighted by molar-refractivity contribution is -0.0987. The van der Waals surface area contributed by atoms with E-state index in [0.29, 0.717) is 17.1 Å². The molecule has 7 nitrogen and oxygen atoms in total. The molecule has 2 N–H and O–H groups in total. The highest BCUT2D eigenvalue weighted by molar-refractivity contribution is 7.94. The minimum atomic E-state index is -0.155. The number of rotatable bonds is 6. The molecule has 0 aliphatic carbocycles. The Morgan fingerprint density at radius 2 is 1.61 bits per heavy atom. The van der Waals surface area contributed by atoms with Crippen LogP contribution in [0.3, 0.4) is 0 Å². The third-order valence-corrected chi connectivity index (χ3v) is 6.56. The molecular weight excluding hydrogens is 544 g/mol. The molecule has 0 saturated heterocycles. The van der Waals surface area contributed by atoms with E-state index in [2.05, 4.69) is 32.8 Å². The van der Waals surface area contributed by atoms with Crippen molar-refractivity contribution in [2.75, 3.05) is 17.7 Å². The van der Waals surface area contributed by atoms with Crippen LogP contribution in [-0.4, -0.2) is 35.2 Å². The average Bonchev–Trinajstić information content (AvgIpc) is 3.44. The Hall–Kier alpha value is -4.57. The highest BCUT2D eigenvalue weighted by Gasteiger charge is 2.14. The van der Waals surface area contributed by atoms with Gasteiger partial charge in [0.05, 0.1) is 24.0 Å². The second-order valence-corrected chi connectivity index (χ2v) is 9.29. The van der Waals surface area contributed by atoms with Crippen LogP contribution in [0.5, 0.6) is 0 Å². The third-order valence-electron chi connectivity index (χ3n) is 6.10. The summed E-state index contributed by atoms with van der Waals surface area (Å²) in [4.78, 5) is 21.1. The molecule has 2 aromatic heterocycles. The van der Waals surface area contributed by atoms with Crippen molar-refractivity contribution in [2.45, 2.75) is 32.2 Å². The van der Waals surface area contributed by atoms with Gasteiger partial charge in [0.2, 0.25) is 0 Å². The van der Waals surface area contributed by atoms with Gasteiger partial charge in [-0.15, -0.1) is 0 Å². The zero-order valence-electron chi connectivity index (χ0n) is 23.4. The van der Waals surface area contributed by atoms with Crippen molar-refractivity contribution in [3.63, 3.8) is 0 Å². The van der Waals surface area contributed by atoms with E-state index >= 15 is 0 Å². The molecule has 3 aromatic carbocycles. The van der Waals surface area contributed by atoms with Crippen LogP contribution in [0.1, 0.15) is 22.3 Å². The summed E-state index contributed by atoms with van der Waals surface area (Å²) in [5.74, 6) is 0.608. The summed E-state index contributed by atoms with van der Waals surface area (Å²) >= 11 is 0.159. The van der Waals surface area contributed by atoms with E-state index in [0.717, 1.165) is 45.0 Å². The van der Waals surface area contributed by atoms with E-state index in [1.807, 2.05) is 83.9 Å². The molecule has 10 heteroatoms. The van der Waals surface area contributed by atoms with E-state index in [-0.39, 0.29) is 18.0 Å². The van der Waals surface area contributed by atoms with Crippen LogP contribution in [0.2, 0.25) is 0 Å². The van der Waals surface area contributed by atoms with Crippen molar-refractivity contribution < 1.29 is 17.9 Å². The summed E-state index contributed by atoms with van der Waals surface area (Å²) in [5.41, 5.74) is 7.73. The number of carbonyl (C=O) groups excluding carboxylic acids is 2. The van der Waals surface area contributed by atoms with E-state index in [1.54, 1.807) is 10.6 Å². The minimum Gasteiger partial charge on any atom is -0.388 e. The smallest absolute Gasteiger partial charge is 0.174 e. The Morgan fingerprint density at radius 3 is 2.24 bits per heavy atom. The molecule has 0 radical (unpaired) electrons. The molecule has 214 valence electrons. The molecule has 0 unspecified atom stereocenters. The first-order chi connectivity index (χ1) is 19.9. The van der Waals surface area contributed by atoms with Crippen molar-refractivity contribution in [1.82, 2.24) is 14.6 Å². The normalized spacial score (nSPS) is 9.80. The lowest BCUT2D eigenvalue weighted by Crippen LogP contribution is -2.07. The monoisotopic (exact) mass is 577 g/mol. The third kappa shape index (κ3) is 8.71. The lowest BCUT2D eigenvalue weighted by atomic mass is 10.1. The van der Waals surface area contributed by atoms with E-state index < -0.39 is 0 Å². The summed E-state index contributed by atoms with van der Waals surface area (Å²) in [6.45, 7) is 10.5. The second kappa shape index (κ2) is 16.5. The highest BCUT2D eigenvalue weighted by Crippen LogP contribution is 2.30. The molecule has 0 amide bonds. The zero-order chi connectivity index (χ0) is 30.4. The van der Waals surface area contributed by atoms with Crippen molar-refractivity contribution in [3.05, 3.63) is 107 Å². The molecule has 0 aliphatic heterocycles. The Kier molecular flexibility index (Phi) is 13.1. The lowest BCUT2D eigenvalue weighted by Gasteiger charge is -2.13. The summed E-state index contributed by atoms with van der Waals surface area (Å²) in [6, 6.07) is 22.9. The van der Waals surface area contributed by atoms with Gasteiger partial charge in [0, 0.05) is 30.9 Å². The van der Waals surface area contributed by atoms with Crippen LogP contribution in [0.15, 0.2) is 83.9 Å². The first-order valence-corrected chi connectivity index (χ1v) is 13.2. The van der Waals surface area contributed by atoms with Gasteiger partial charge in [0.25, 0.3) is 0 Å². The maximum absolute atomic E-state index is 13.4. The van der Waals surface area contributed by atoms with E-state index in [1.165, 1.54) is 18.3 Å². The molecule has 2 heterocycles. The van der Waals surface area contributed by atoms with Gasteiger partial charge in [-0.05, 0) is 67.3 Å². The van der Waals surface area contributed by atoms with Gasteiger partial charge in [-0.1, -0.05) is 42.5 Å². The molecule has 5 aromatic rings. The van der Waals surface area contributed by atoms with Gasteiger partial charge in [-0.2, -0.15) is 13.5 Å². The Bertz CT molecular complexity index is 1560. The molecule has 41 heavy (non-hydrogen) atoms. The maximum Gasteiger partial charge on any atom is 0.174 e. The number of aromatic nitrogens is 3. The predicted octanol–water partition coefficient (Wildman–Crippen LogP) is 7.41. The summed E-state index contributed by atoms with van der Waals surface area (Å²) in [7, 11) is 1.90. The average molecular weight is 578 g/mol. The maximum atomic E-state index is 13.4. The van der Waals surface area contributed by atoms with Crippen LogP contribution in [0, 0.1) is 26.6 Å². The van der Waals surface area contributed by atoms with Crippen LogP contribution >= 0.6 is 12.1 Å². The molecule has 0 fully saturated rings. The Morgan fingerprint density at radius 1 is 0.878 bits per heavy atom. The van der Waals surface area contributed by atoms with Crippen molar-refractivity contribution in [3.8, 4) is 11.3 Å². The molecular formula is C31H33F2N5O2S. The predicted molar refractivity (Wildman–Crippen MR) is 164 cm³/mol. The number of hydrogen-bond donors (Lipinski definition) is 2. The first kappa shape index (κ1) is 32.6. The van der Waals surface area contributed by atoms with Gasteiger partial charge < -0.3 is 20.2 Å². The molecule has 0 saturated carbocycles. The van der Waals surface area contributed by atoms with Gasteiger partial charge in [0.1, 0.15) is 30.1 Å². The minimum absolute atomic E-state index is 0.155. The fraction of sp³-hybridized carbons (Fsp3) is 0.161. The first-order valence-electron chi connectivity index (χ1n) is 12.4. The number of nitrogens with zero attached hydrogens (tertiary/aromatic N) is 3. The van der Waals surface area contributed by atoms with Gasteiger partial charge in [-0.25, -0.2) is 9.37 Å². The number of fused-ring (bicyclic) bond motifs is 1. The standard InChI is InChI=1S/C21H20FN5S.C8H9F.2CH2O/c1-14-6-3-4-9-17(14)18-11-20(27-21(26-18)19(28-22)13-25-27)24-12-15-7-5-8-16(10-15)23-2;1-6-3-4-8(9)5-7(6)2;2*1-2/h3-11,13,23-24H,12H2,1-2H3;3-5H,1-2H3;2*1H2. The van der Waals surface area contributed by atoms with Crippen LogP contribution in [0.4, 0.5) is 19.8 Å². The molecule has 0 bridgehead atoms. The van der Waals surface area contributed by atoms with Crippen molar-refractivity contribution in [1.29, 1.82) is 0 Å². The highest BCUT2D eigenvalue weighted by atomic mass is 32.2. The van der Waals surface area contributed by atoms with Gasteiger partial charge >= 0.3 is 0 Å². The summed E-state index contributed by atoms with van der Waals surface area (Å²) < 4.78 is 27.4. The van der Waals surface area contributed by atoms with E-state index in [4.69, 9.17) is 9.59 Å². The number of nitrogens with one attached hydrogen (secondary N) is 2. The van der Waals surface area contributed by atoms with Crippen LogP contribution in [-0.2, 0) is 16.1 Å².